The molecule has 0 spiro atoms. The molecule has 3 aromatic carbocycles. The topological polar surface area (TPSA) is 71.8 Å². The minimum Gasteiger partial charge on any atom is -0.477 e. The number of hydrogen-bond acceptors (Lipinski definition) is 4. The normalized spacial score (nSPS) is 13.4. The standard InChI is InChI=1S/C26H18F4N2O4/c1-31-10-14-3-2-13(8-15(14)11-31)21-20(28)9-18-22(24(21)36-26(29)30)32(12-19(23(18)33)25(34)35)17-6-4-16(27)5-7-17/h2-9,12,26H,10-11H2,1H3,(H,34,35). The van der Waals surface area contributed by atoms with Crippen LogP contribution in [0.1, 0.15) is 21.5 Å². The van der Waals surface area contributed by atoms with E-state index in [1.165, 1.54) is 12.1 Å². The zero-order valence-corrected chi connectivity index (χ0v) is 18.8. The number of carboxylic acid groups (broad SMARTS) is 1. The maximum Gasteiger partial charge on any atom is 0.387 e. The van der Waals surface area contributed by atoms with Crippen molar-refractivity contribution >= 4 is 16.9 Å². The van der Waals surface area contributed by atoms with Gasteiger partial charge in [-0.1, -0.05) is 12.1 Å². The Hall–Kier alpha value is -4.18. The molecule has 1 N–H and O–H groups in total. The summed E-state index contributed by atoms with van der Waals surface area (Å²) >= 11 is 0. The maximum atomic E-state index is 15.6. The Morgan fingerprint density at radius 1 is 1.03 bits per heavy atom. The summed E-state index contributed by atoms with van der Waals surface area (Å²) in [7, 11) is 1.91. The van der Waals surface area contributed by atoms with Gasteiger partial charge in [0.2, 0.25) is 5.43 Å². The Labute approximate surface area is 201 Å². The van der Waals surface area contributed by atoms with Gasteiger partial charge in [-0.15, -0.1) is 0 Å². The highest BCUT2D eigenvalue weighted by Gasteiger charge is 2.27. The number of pyridine rings is 1. The highest BCUT2D eigenvalue weighted by molar-refractivity contribution is 5.98. The van der Waals surface area contributed by atoms with E-state index < -0.39 is 46.3 Å². The average Bonchev–Trinajstić information content (AvgIpc) is 3.19. The van der Waals surface area contributed by atoms with Crippen molar-refractivity contribution in [1.29, 1.82) is 0 Å². The van der Waals surface area contributed by atoms with E-state index in [0.717, 1.165) is 40.1 Å². The molecule has 1 aromatic heterocycles. The molecule has 0 unspecified atom stereocenters. The second-order valence-electron chi connectivity index (χ2n) is 8.52. The van der Waals surface area contributed by atoms with E-state index in [4.69, 9.17) is 4.74 Å². The van der Waals surface area contributed by atoms with Crippen LogP contribution >= 0.6 is 0 Å². The number of alkyl halides is 2. The van der Waals surface area contributed by atoms with Gasteiger partial charge in [-0.25, -0.2) is 13.6 Å². The van der Waals surface area contributed by atoms with Crippen molar-refractivity contribution in [1.82, 2.24) is 9.47 Å². The summed E-state index contributed by atoms with van der Waals surface area (Å²) < 4.78 is 62.4. The third-order valence-electron chi connectivity index (χ3n) is 6.11. The first-order valence-corrected chi connectivity index (χ1v) is 10.8. The molecule has 1 aliphatic rings. The molecule has 1 aliphatic heterocycles. The molecule has 0 fully saturated rings. The Morgan fingerprint density at radius 2 is 1.72 bits per heavy atom. The van der Waals surface area contributed by atoms with E-state index in [-0.39, 0.29) is 22.3 Å². The highest BCUT2D eigenvalue weighted by Crippen LogP contribution is 2.41. The van der Waals surface area contributed by atoms with Crippen LogP contribution in [0.25, 0.3) is 27.7 Å². The number of carboxylic acids is 1. The van der Waals surface area contributed by atoms with Crippen LogP contribution in [-0.4, -0.2) is 34.2 Å². The van der Waals surface area contributed by atoms with Crippen molar-refractivity contribution in [2.24, 2.45) is 0 Å². The van der Waals surface area contributed by atoms with Crippen LogP contribution < -0.4 is 10.2 Å². The van der Waals surface area contributed by atoms with E-state index in [9.17, 15) is 27.9 Å². The second-order valence-corrected chi connectivity index (χ2v) is 8.52. The van der Waals surface area contributed by atoms with Crippen LogP contribution in [0, 0.1) is 11.6 Å². The minimum atomic E-state index is -3.38. The number of fused-ring (bicyclic) bond motifs is 2. The minimum absolute atomic E-state index is 0.149. The van der Waals surface area contributed by atoms with E-state index in [1.807, 2.05) is 11.9 Å². The molecule has 0 radical (unpaired) electrons. The summed E-state index contributed by atoms with van der Waals surface area (Å²) in [5, 5.41) is 9.07. The fourth-order valence-corrected chi connectivity index (χ4v) is 4.58. The molecule has 6 nitrogen and oxygen atoms in total. The van der Waals surface area contributed by atoms with Crippen molar-refractivity contribution in [2.45, 2.75) is 19.7 Å². The lowest BCUT2D eigenvalue weighted by atomic mass is 9.97. The van der Waals surface area contributed by atoms with E-state index in [0.29, 0.717) is 13.1 Å². The van der Waals surface area contributed by atoms with Gasteiger partial charge in [-0.3, -0.25) is 9.69 Å². The third-order valence-corrected chi connectivity index (χ3v) is 6.11. The molecule has 184 valence electrons. The first kappa shape index (κ1) is 23.6. The van der Waals surface area contributed by atoms with Crippen molar-refractivity contribution in [3.05, 3.63) is 93.3 Å². The van der Waals surface area contributed by atoms with E-state index >= 15 is 4.39 Å². The number of hydrogen-bond donors (Lipinski definition) is 1. The van der Waals surface area contributed by atoms with Crippen molar-refractivity contribution in [3.8, 4) is 22.6 Å². The predicted octanol–water partition coefficient (Wildman–Crippen LogP) is 5.18. The van der Waals surface area contributed by atoms with Crippen LogP contribution in [0.5, 0.6) is 5.75 Å². The Balaban J connectivity index is 1.90. The first-order valence-electron chi connectivity index (χ1n) is 10.8. The number of halogens is 4. The lowest BCUT2D eigenvalue weighted by Crippen LogP contribution is -2.20. The Morgan fingerprint density at radius 3 is 2.39 bits per heavy atom. The number of nitrogens with zero attached hydrogens (tertiary/aromatic N) is 2. The summed E-state index contributed by atoms with van der Waals surface area (Å²) in [5.74, 6) is -3.86. The van der Waals surface area contributed by atoms with Crippen LogP contribution in [-0.2, 0) is 13.1 Å². The monoisotopic (exact) mass is 498 g/mol. The zero-order chi connectivity index (χ0) is 25.7. The quantitative estimate of drug-likeness (QED) is 0.384. The maximum absolute atomic E-state index is 15.6. The zero-order valence-electron chi connectivity index (χ0n) is 18.8. The fraction of sp³-hybridized carbons (Fsp3) is 0.154. The summed E-state index contributed by atoms with van der Waals surface area (Å²) in [6.45, 7) is -2.13. The number of rotatable bonds is 5. The summed E-state index contributed by atoms with van der Waals surface area (Å²) in [5.41, 5.74) is -0.0821. The van der Waals surface area contributed by atoms with Crippen LogP contribution in [0.15, 0.2) is 59.5 Å². The molecule has 5 rings (SSSR count). The van der Waals surface area contributed by atoms with Crippen molar-refractivity contribution < 1.29 is 32.2 Å². The smallest absolute Gasteiger partial charge is 0.387 e. The summed E-state index contributed by atoms with van der Waals surface area (Å²) in [6.07, 6.45) is 0.928. The molecule has 4 aromatic rings. The van der Waals surface area contributed by atoms with Gasteiger partial charge in [0.1, 0.15) is 22.7 Å². The number of aromatic carboxylic acids is 1. The number of aromatic nitrogens is 1. The SMILES string of the molecule is CN1Cc2ccc(-c3c(F)cc4c(=O)c(C(=O)O)cn(-c5ccc(F)cc5)c4c3OC(F)F)cc2C1. The number of benzene rings is 3. The molecule has 36 heavy (non-hydrogen) atoms. The van der Waals surface area contributed by atoms with E-state index in [2.05, 4.69) is 0 Å². The van der Waals surface area contributed by atoms with Gasteiger partial charge >= 0.3 is 12.6 Å². The molecule has 0 saturated carbocycles. The largest absolute Gasteiger partial charge is 0.477 e. The summed E-state index contributed by atoms with van der Waals surface area (Å²) in [4.78, 5) is 26.7. The van der Waals surface area contributed by atoms with E-state index in [1.54, 1.807) is 18.2 Å². The lowest BCUT2D eigenvalue weighted by Gasteiger charge is -2.20. The van der Waals surface area contributed by atoms with Gasteiger partial charge < -0.3 is 14.4 Å². The first-order chi connectivity index (χ1) is 17.1. The van der Waals surface area contributed by atoms with Gasteiger partial charge in [0.05, 0.1) is 10.9 Å². The van der Waals surface area contributed by atoms with Crippen LogP contribution in [0.3, 0.4) is 0 Å². The van der Waals surface area contributed by atoms with Crippen LogP contribution in [0.2, 0.25) is 0 Å². The second kappa shape index (κ2) is 8.80. The van der Waals surface area contributed by atoms with Crippen molar-refractivity contribution in [3.63, 3.8) is 0 Å². The molecule has 0 atom stereocenters. The number of carbonyl (C=O) groups is 1. The molecular weight excluding hydrogens is 480 g/mol. The highest BCUT2D eigenvalue weighted by atomic mass is 19.3. The van der Waals surface area contributed by atoms with Gasteiger partial charge in [0.25, 0.3) is 0 Å². The van der Waals surface area contributed by atoms with Gasteiger partial charge in [0, 0.05) is 25.0 Å². The average molecular weight is 498 g/mol. The molecule has 0 amide bonds. The molecule has 10 heteroatoms. The van der Waals surface area contributed by atoms with Crippen LogP contribution in [0.4, 0.5) is 17.6 Å². The van der Waals surface area contributed by atoms with Gasteiger partial charge in [0.15, 0.2) is 5.75 Å². The predicted molar refractivity (Wildman–Crippen MR) is 124 cm³/mol. The van der Waals surface area contributed by atoms with Crippen molar-refractivity contribution in [2.75, 3.05) is 7.05 Å². The van der Waals surface area contributed by atoms with Gasteiger partial charge in [-0.2, -0.15) is 8.78 Å². The molecule has 0 saturated heterocycles. The number of ether oxygens (including phenoxy) is 1. The molecule has 2 heterocycles. The fourth-order valence-electron chi connectivity index (χ4n) is 4.58. The Bertz CT molecular complexity index is 1580. The Kier molecular flexibility index (Phi) is 5.76. The molecule has 0 bridgehead atoms. The molecular formula is C26H18F4N2O4. The molecule has 0 aliphatic carbocycles. The lowest BCUT2D eigenvalue weighted by molar-refractivity contribution is -0.0487. The third kappa shape index (κ3) is 3.99. The van der Waals surface area contributed by atoms with Gasteiger partial charge in [-0.05, 0) is 60.1 Å². The summed E-state index contributed by atoms with van der Waals surface area (Å²) in [6, 6.07) is 10.5.